The van der Waals surface area contributed by atoms with Crippen LogP contribution in [0.25, 0.3) is 0 Å². The number of urea groups is 1. The van der Waals surface area contributed by atoms with Crippen LogP contribution in [0.3, 0.4) is 0 Å². The fourth-order valence-corrected chi connectivity index (χ4v) is 2.98. The van der Waals surface area contributed by atoms with Crippen molar-refractivity contribution in [2.75, 3.05) is 29.9 Å². The summed E-state index contributed by atoms with van der Waals surface area (Å²) in [5, 5.41) is 5.75. The standard InChI is InChI=1S/C19H24BrN3O/c1-3-23(4-2)18-10-8-17(9-11-18)22-19(24)21-13-12-15-6-5-7-16(20)14-15/h5-11,14H,3-4,12-13H2,1-2H3,(H2,21,22,24). The average molecular weight is 390 g/mol. The van der Waals surface area contributed by atoms with E-state index in [9.17, 15) is 4.79 Å². The Labute approximate surface area is 152 Å². The van der Waals surface area contributed by atoms with Gasteiger partial charge in [-0.3, -0.25) is 0 Å². The van der Waals surface area contributed by atoms with E-state index >= 15 is 0 Å². The number of benzene rings is 2. The number of rotatable bonds is 7. The first-order valence-corrected chi connectivity index (χ1v) is 9.06. The highest BCUT2D eigenvalue weighted by Crippen LogP contribution is 2.17. The normalized spacial score (nSPS) is 10.3. The van der Waals surface area contributed by atoms with Gasteiger partial charge in [0, 0.05) is 35.5 Å². The maximum Gasteiger partial charge on any atom is 0.319 e. The second kappa shape index (κ2) is 9.33. The Morgan fingerprint density at radius 1 is 1.08 bits per heavy atom. The van der Waals surface area contributed by atoms with E-state index < -0.39 is 0 Å². The van der Waals surface area contributed by atoms with Gasteiger partial charge in [-0.1, -0.05) is 28.1 Å². The predicted octanol–water partition coefficient (Wildman–Crippen LogP) is 4.66. The molecule has 2 aromatic carbocycles. The van der Waals surface area contributed by atoms with E-state index in [0.29, 0.717) is 6.54 Å². The molecule has 4 nitrogen and oxygen atoms in total. The second-order valence-corrected chi connectivity index (χ2v) is 6.40. The highest BCUT2D eigenvalue weighted by Gasteiger charge is 2.04. The molecule has 0 aliphatic rings. The van der Waals surface area contributed by atoms with E-state index in [-0.39, 0.29) is 6.03 Å². The van der Waals surface area contributed by atoms with Crippen molar-refractivity contribution >= 4 is 33.3 Å². The van der Waals surface area contributed by atoms with E-state index in [1.807, 2.05) is 36.4 Å². The molecule has 128 valence electrons. The lowest BCUT2D eigenvalue weighted by atomic mass is 10.1. The molecule has 0 spiro atoms. The van der Waals surface area contributed by atoms with Crippen molar-refractivity contribution in [2.24, 2.45) is 0 Å². The second-order valence-electron chi connectivity index (χ2n) is 5.48. The van der Waals surface area contributed by atoms with Crippen LogP contribution in [0, 0.1) is 0 Å². The molecule has 0 atom stereocenters. The zero-order valence-corrected chi connectivity index (χ0v) is 15.8. The number of hydrogen-bond acceptors (Lipinski definition) is 2. The molecular formula is C19H24BrN3O. The van der Waals surface area contributed by atoms with Crippen LogP contribution in [-0.4, -0.2) is 25.7 Å². The Morgan fingerprint density at radius 2 is 1.79 bits per heavy atom. The monoisotopic (exact) mass is 389 g/mol. The van der Waals surface area contributed by atoms with E-state index in [1.165, 1.54) is 11.3 Å². The SMILES string of the molecule is CCN(CC)c1ccc(NC(=O)NCCc2cccc(Br)c2)cc1. The van der Waals surface area contributed by atoms with Gasteiger partial charge in [0.05, 0.1) is 0 Å². The summed E-state index contributed by atoms with van der Waals surface area (Å²) in [4.78, 5) is 14.2. The molecule has 0 fully saturated rings. The Morgan fingerprint density at radius 3 is 2.42 bits per heavy atom. The van der Waals surface area contributed by atoms with Crippen LogP contribution in [0.4, 0.5) is 16.2 Å². The van der Waals surface area contributed by atoms with E-state index in [1.54, 1.807) is 0 Å². The van der Waals surface area contributed by atoms with Crippen LogP contribution in [0.2, 0.25) is 0 Å². The minimum absolute atomic E-state index is 0.180. The third-order valence-corrected chi connectivity index (χ3v) is 4.34. The number of carbonyl (C=O) groups excluding carboxylic acids is 1. The van der Waals surface area contributed by atoms with Crippen molar-refractivity contribution in [3.8, 4) is 0 Å². The van der Waals surface area contributed by atoms with E-state index in [4.69, 9.17) is 0 Å². The van der Waals surface area contributed by atoms with Crippen LogP contribution in [0.5, 0.6) is 0 Å². The Bertz CT molecular complexity index is 654. The lowest BCUT2D eigenvalue weighted by Crippen LogP contribution is -2.30. The summed E-state index contributed by atoms with van der Waals surface area (Å²) in [6, 6.07) is 15.8. The van der Waals surface area contributed by atoms with Crippen LogP contribution >= 0.6 is 15.9 Å². The van der Waals surface area contributed by atoms with E-state index in [0.717, 1.165) is 29.7 Å². The summed E-state index contributed by atoms with van der Waals surface area (Å²) in [6.45, 7) is 6.81. The lowest BCUT2D eigenvalue weighted by Gasteiger charge is -2.21. The zero-order chi connectivity index (χ0) is 17.4. The largest absolute Gasteiger partial charge is 0.372 e. The summed E-state index contributed by atoms with van der Waals surface area (Å²) >= 11 is 3.45. The Kier molecular flexibility index (Phi) is 7.12. The molecule has 0 aliphatic carbocycles. The van der Waals surface area contributed by atoms with Crippen LogP contribution in [0.15, 0.2) is 53.0 Å². The molecule has 5 heteroatoms. The first-order chi connectivity index (χ1) is 11.6. The molecule has 2 amide bonds. The summed E-state index contributed by atoms with van der Waals surface area (Å²) in [6.07, 6.45) is 0.799. The van der Waals surface area contributed by atoms with Gasteiger partial charge in [0.25, 0.3) is 0 Å². The van der Waals surface area contributed by atoms with Gasteiger partial charge in [0.2, 0.25) is 0 Å². The average Bonchev–Trinajstić information content (AvgIpc) is 2.57. The fourth-order valence-electron chi connectivity index (χ4n) is 2.53. The number of amides is 2. The summed E-state index contributed by atoms with van der Waals surface area (Å²) in [5.41, 5.74) is 3.15. The predicted molar refractivity (Wildman–Crippen MR) is 105 cm³/mol. The molecule has 0 unspecified atom stereocenters. The van der Waals surface area contributed by atoms with Crippen molar-refractivity contribution in [3.05, 3.63) is 58.6 Å². The van der Waals surface area contributed by atoms with Gasteiger partial charge >= 0.3 is 6.03 Å². The minimum atomic E-state index is -0.180. The molecule has 0 bridgehead atoms. The number of anilines is 2. The fraction of sp³-hybridized carbons (Fsp3) is 0.316. The molecule has 24 heavy (non-hydrogen) atoms. The minimum Gasteiger partial charge on any atom is -0.372 e. The molecule has 0 radical (unpaired) electrons. The molecule has 2 rings (SSSR count). The molecular weight excluding hydrogens is 366 g/mol. The maximum atomic E-state index is 12.0. The highest BCUT2D eigenvalue weighted by atomic mass is 79.9. The van der Waals surface area contributed by atoms with Gasteiger partial charge in [-0.15, -0.1) is 0 Å². The van der Waals surface area contributed by atoms with Gasteiger partial charge in [-0.05, 0) is 62.2 Å². The van der Waals surface area contributed by atoms with Crippen molar-refractivity contribution in [3.63, 3.8) is 0 Å². The molecule has 0 saturated carbocycles. The van der Waals surface area contributed by atoms with Gasteiger partial charge in [-0.2, -0.15) is 0 Å². The van der Waals surface area contributed by atoms with Gasteiger partial charge < -0.3 is 15.5 Å². The van der Waals surface area contributed by atoms with E-state index in [2.05, 4.69) is 57.4 Å². The van der Waals surface area contributed by atoms with Crippen molar-refractivity contribution in [1.29, 1.82) is 0 Å². The topological polar surface area (TPSA) is 44.4 Å². The van der Waals surface area contributed by atoms with Crippen LogP contribution in [-0.2, 0) is 6.42 Å². The smallest absolute Gasteiger partial charge is 0.319 e. The van der Waals surface area contributed by atoms with Crippen molar-refractivity contribution < 1.29 is 4.79 Å². The van der Waals surface area contributed by atoms with Gasteiger partial charge in [0.1, 0.15) is 0 Å². The molecule has 0 saturated heterocycles. The maximum absolute atomic E-state index is 12.0. The molecule has 0 aliphatic heterocycles. The van der Waals surface area contributed by atoms with Crippen LogP contribution < -0.4 is 15.5 Å². The molecule has 0 heterocycles. The summed E-state index contributed by atoms with van der Waals surface area (Å²) in [5.74, 6) is 0. The zero-order valence-electron chi connectivity index (χ0n) is 14.2. The van der Waals surface area contributed by atoms with Crippen LogP contribution in [0.1, 0.15) is 19.4 Å². The number of nitrogens with one attached hydrogen (secondary N) is 2. The number of hydrogen-bond donors (Lipinski definition) is 2. The third kappa shape index (κ3) is 5.57. The molecule has 0 aromatic heterocycles. The van der Waals surface area contributed by atoms with Gasteiger partial charge in [-0.25, -0.2) is 4.79 Å². The first kappa shape index (κ1) is 18.3. The lowest BCUT2D eigenvalue weighted by molar-refractivity contribution is 0.252. The number of nitrogens with zero attached hydrogens (tertiary/aromatic N) is 1. The number of carbonyl (C=O) groups is 1. The van der Waals surface area contributed by atoms with Crippen molar-refractivity contribution in [1.82, 2.24) is 5.32 Å². The Hall–Kier alpha value is -2.01. The number of halogens is 1. The molecule has 2 N–H and O–H groups in total. The Balaban J connectivity index is 1.79. The third-order valence-electron chi connectivity index (χ3n) is 3.84. The first-order valence-electron chi connectivity index (χ1n) is 8.26. The quantitative estimate of drug-likeness (QED) is 0.722. The molecule has 2 aromatic rings. The van der Waals surface area contributed by atoms with Gasteiger partial charge in [0.15, 0.2) is 0 Å². The van der Waals surface area contributed by atoms with Crippen molar-refractivity contribution in [2.45, 2.75) is 20.3 Å². The summed E-state index contributed by atoms with van der Waals surface area (Å²) in [7, 11) is 0. The highest BCUT2D eigenvalue weighted by molar-refractivity contribution is 9.10. The summed E-state index contributed by atoms with van der Waals surface area (Å²) < 4.78 is 1.05.